The molecule has 1 saturated heterocycles. The molecule has 88 valence electrons. The molecule has 4 heteroatoms. The molecule has 2 rings (SSSR count). The molecule has 0 amide bonds. The van der Waals surface area contributed by atoms with Crippen molar-refractivity contribution >= 4 is 0 Å². The molecule has 16 heavy (non-hydrogen) atoms. The van der Waals surface area contributed by atoms with E-state index in [4.69, 9.17) is 0 Å². The van der Waals surface area contributed by atoms with E-state index in [1.165, 1.54) is 12.1 Å². The van der Waals surface area contributed by atoms with Crippen LogP contribution in [0.2, 0.25) is 0 Å². The molecule has 1 fully saturated rings. The molecule has 1 N–H and O–H groups in total. The molecule has 1 unspecified atom stereocenters. The Hall–Kier alpha value is -1.00. The molecule has 1 aromatic carbocycles. The Morgan fingerprint density at radius 2 is 2.06 bits per heavy atom. The highest BCUT2D eigenvalue weighted by molar-refractivity contribution is 5.20. The van der Waals surface area contributed by atoms with Crippen molar-refractivity contribution < 1.29 is 8.78 Å². The first-order chi connectivity index (χ1) is 7.81. The molecular weight excluding hydrogens is 210 g/mol. The average Bonchev–Trinajstić information content (AvgIpc) is 2.31. The summed E-state index contributed by atoms with van der Waals surface area (Å²) in [7, 11) is 0. The van der Waals surface area contributed by atoms with Gasteiger partial charge in [-0.1, -0.05) is 12.1 Å². The van der Waals surface area contributed by atoms with E-state index in [0.717, 1.165) is 31.7 Å². The fourth-order valence-corrected chi connectivity index (χ4v) is 2.11. The quantitative estimate of drug-likeness (QED) is 0.844. The summed E-state index contributed by atoms with van der Waals surface area (Å²) in [5.41, 5.74) is 0.726. The number of benzene rings is 1. The standard InChI is InChI=1S/C12H16F2N2/c13-9-12(16-6-4-15-5-7-16)10-2-1-3-11(14)8-10/h1-3,8,12,15H,4-7,9H2. The van der Waals surface area contributed by atoms with Gasteiger partial charge < -0.3 is 5.32 Å². The Morgan fingerprint density at radius 3 is 2.69 bits per heavy atom. The Bertz CT molecular complexity index is 338. The van der Waals surface area contributed by atoms with Crippen molar-refractivity contribution in [1.82, 2.24) is 10.2 Å². The van der Waals surface area contributed by atoms with E-state index >= 15 is 0 Å². The average molecular weight is 226 g/mol. The maximum Gasteiger partial charge on any atom is 0.123 e. The summed E-state index contributed by atoms with van der Waals surface area (Å²) in [4.78, 5) is 2.06. The zero-order valence-electron chi connectivity index (χ0n) is 9.13. The van der Waals surface area contributed by atoms with Crippen molar-refractivity contribution in [3.63, 3.8) is 0 Å². The van der Waals surface area contributed by atoms with Crippen LogP contribution in [0.5, 0.6) is 0 Å². The van der Waals surface area contributed by atoms with Crippen LogP contribution in [-0.4, -0.2) is 37.8 Å². The lowest BCUT2D eigenvalue weighted by atomic mass is 10.1. The van der Waals surface area contributed by atoms with Gasteiger partial charge in [0, 0.05) is 26.2 Å². The molecule has 1 aliphatic rings. The molecule has 0 radical (unpaired) electrons. The summed E-state index contributed by atoms with van der Waals surface area (Å²) in [6, 6.07) is 5.92. The Balaban J connectivity index is 2.14. The second-order valence-corrected chi connectivity index (χ2v) is 4.01. The van der Waals surface area contributed by atoms with E-state index in [1.807, 2.05) is 0 Å². The number of piperazine rings is 1. The molecule has 0 saturated carbocycles. The molecule has 1 atom stereocenters. The van der Waals surface area contributed by atoms with Crippen molar-refractivity contribution in [3.8, 4) is 0 Å². The summed E-state index contributed by atoms with van der Waals surface area (Å²) in [5, 5.41) is 3.22. The van der Waals surface area contributed by atoms with E-state index < -0.39 is 6.67 Å². The summed E-state index contributed by atoms with van der Waals surface area (Å²) >= 11 is 0. The molecular formula is C12H16F2N2. The highest BCUT2D eigenvalue weighted by Gasteiger charge is 2.22. The van der Waals surface area contributed by atoms with Crippen LogP contribution >= 0.6 is 0 Å². The van der Waals surface area contributed by atoms with E-state index in [9.17, 15) is 8.78 Å². The minimum absolute atomic E-state index is 0.300. The predicted octanol–water partition coefficient (Wildman–Crippen LogP) is 1.74. The van der Waals surface area contributed by atoms with Gasteiger partial charge in [-0.05, 0) is 17.7 Å². The Kier molecular flexibility index (Phi) is 3.85. The Morgan fingerprint density at radius 1 is 1.31 bits per heavy atom. The lowest BCUT2D eigenvalue weighted by Gasteiger charge is -2.33. The van der Waals surface area contributed by atoms with Gasteiger partial charge in [0.15, 0.2) is 0 Å². The second-order valence-electron chi connectivity index (χ2n) is 4.01. The van der Waals surface area contributed by atoms with Crippen LogP contribution in [0.25, 0.3) is 0 Å². The molecule has 2 nitrogen and oxygen atoms in total. The number of hydrogen-bond donors (Lipinski definition) is 1. The molecule has 0 aliphatic carbocycles. The molecule has 1 aromatic rings. The normalized spacial score (nSPS) is 19.6. The van der Waals surface area contributed by atoms with Gasteiger partial charge in [0.1, 0.15) is 12.5 Å². The van der Waals surface area contributed by atoms with Crippen molar-refractivity contribution in [2.24, 2.45) is 0 Å². The number of hydrogen-bond acceptors (Lipinski definition) is 2. The third-order valence-corrected chi connectivity index (χ3v) is 2.97. The SMILES string of the molecule is FCC(c1cccc(F)c1)N1CCNCC1. The molecule has 1 aliphatic heterocycles. The van der Waals surface area contributed by atoms with Crippen LogP contribution < -0.4 is 5.32 Å². The maximum atomic E-state index is 13.1. The van der Waals surface area contributed by atoms with Gasteiger partial charge in [-0.25, -0.2) is 8.78 Å². The van der Waals surface area contributed by atoms with Crippen molar-refractivity contribution in [3.05, 3.63) is 35.6 Å². The Labute approximate surface area is 94.3 Å². The summed E-state index contributed by atoms with van der Waals surface area (Å²) in [6.45, 7) is 2.89. The summed E-state index contributed by atoms with van der Waals surface area (Å²) in [6.07, 6.45) is 0. The highest BCUT2D eigenvalue weighted by Crippen LogP contribution is 2.22. The number of nitrogens with zero attached hydrogens (tertiary/aromatic N) is 1. The first-order valence-corrected chi connectivity index (χ1v) is 5.57. The molecule has 1 heterocycles. The molecule has 0 spiro atoms. The van der Waals surface area contributed by atoms with Gasteiger partial charge in [0.2, 0.25) is 0 Å². The second kappa shape index (κ2) is 5.37. The van der Waals surface area contributed by atoms with Gasteiger partial charge in [-0.2, -0.15) is 0 Å². The first-order valence-electron chi connectivity index (χ1n) is 5.57. The fourth-order valence-electron chi connectivity index (χ4n) is 2.11. The molecule has 0 bridgehead atoms. The maximum absolute atomic E-state index is 13.1. The number of rotatable bonds is 3. The third kappa shape index (κ3) is 2.57. The number of alkyl halides is 1. The van der Waals surface area contributed by atoms with Crippen LogP contribution in [0.1, 0.15) is 11.6 Å². The topological polar surface area (TPSA) is 15.3 Å². The monoisotopic (exact) mass is 226 g/mol. The van der Waals surface area contributed by atoms with E-state index in [-0.39, 0.29) is 11.9 Å². The first kappa shape index (κ1) is 11.5. The van der Waals surface area contributed by atoms with Crippen LogP contribution in [0, 0.1) is 5.82 Å². The van der Waals surface area contributed by atoms with Crippen molar-refractivity contribution in [1.29, 1.82) is 0 Å². The van der Waals surface area contributed by atoms with Crippen molar-refractivity contribution in [2.45, 2.75) is 6.04 Å². The van der Waals surface area contributed by atoms with Crippen LogP contribution in [0.4, 0.5) is 8.78 Å². The van der Waals surface area contributed by atoms with Crippen molar-refractivity contribution in [2.75, 3.05) is 32.9 Å². The zero-order chi connectivity index (χ0) is 11.4. The summed E-state index contributed by atoms with van der Waals surface area (Å²) in [5.74, 6) is -0.300. The minimum atomic E-state index is -0.469. The lowest BCUT2D eigenvalue weighted by molar-refractivity contribution is 0.147. The van der Waals surface area contributed by atoms with Gasteiger partial charge in [0.25, 0.3) is 0 Å². The lowest BCUT2D eigenvalue weighted by Crippen LogP contribution is -2.45. The van der Waals surface area contributed by atoms with Gasteiger partial charge >= 0.3 is 0 Å². The van der Waals surface area contributed by atoms with Gasteiger partial charge in [-0.15, -0.1) is 0 Å². The highest BCUT2D eigenvalue weighted by atomic mass is 19.1. The van der Waals surface area contributed by atoms with Crippen LogP contribution in [0.3, 0.4) is 0 Å². The fraction of sp³-hybridized carbons (Fsp3) is 0.500. The summed E-state index contributed by atoms with van der Waals surface area (Å²) < 4.78 is 26.2. The third-order valence-electron chi connectivity index (χ3n) is 2.97. The largest absolute Gasteiger partial charge is 0.314 e. The smallest absolute Gasteiger partial charge is 0.123 e. The molecule has 0 aromatic heterocycles. The van der Waals surface area contributed by atoms with Gasteiger partial charge in [-0.3, -0.25) is 4.90 Å². The van der Waals surface area contributed by atoms with Crippen LogP contribution in [0.15, 0.2) is 24.3 Å². The van der Waals surface area contributed by atoms with E-state index in [0.29, 0.717) is 0 Å². The van der Waals surface area contributed by atoms with Gasteiger partial charge in [0.05, 0.1) is 6.04 Å². The number of nitrogens with one attached hydrogen (secondary N) is 1. The van der Waals surface area contributed by atoms with E-state index in [2.05, 4.69) is 10.2 Å². The minimum Gasteiger partial charge on any atom is -0.314 e. The predicted molar refractivity (Wildman–Crippen MR) is 59.6 cm³/mol. The van der Waals surface area contributed by atoms with Crippen LogP contribution in [-0.2, 0) is 0 Å². The van der Waals surface area contributed by atoms with E-state index in [1.54, 1.807) is 12.1 Å². The number of halogens is 2. The zero-order valence-corrected chi connectivity index (χ0v) is 9.13.